The molecule has 0 aromatic heterocycles. The lowest BCUT2D eigenvalue weighted by Crippen LogP contribution is -2.09. The smallest absolute Gasteiger partial charge is 0.121 e. The van der Waals surface area contributed by atoms with Gasteiger partial charge in [-0.1, -0.05) is 25.1 Å². The van der Waals surface area contributed by atoms with Crippen molar-refractivity contribution < 1.29 is 4.74 Å². The molecule has 2 aromatic rings. The van der Waals surface area contributed by atoms with Crippen molar-refractivity contribution in [2.75, 3.05) is 5.32 Å². The Morgan fingerprint density at radius 2 is 1.95 bits per heavy atom. The number of nitriles is 1. The van der Waals surface area contributed by atoms with Gasteiger partial charge in [-0.05, 0) is 43.2 Å². The molecule has 0 spiro atoms. The molecule has 21 heavy (non-hydrogen) atoms. The van der Waals surface area contributed by atoms with E-state index in [9.17, 15) is 0 Å². The number of benzene rings is 2. The number of nitrogens with zero attached hydrogens (tertiary/aromatic N) is 1. The first-order valence-corrected chi connectivity index (χ1v) is 7.21. The molecular formula is C18H20N2O. The van der Waals surface area contributed by atoms with Crippen LogP contribution in [0, 0.1) is 11.3 Å². The van der Waals surface area contributed by atoms with Crippen LogP contribution in [0.1, 0.15) is 31.4 Å². The van der Waals surface area contributed by atoms with E-state index in [1.165, 1.54) is 0 Å². The van der Waals surface area contributed by atoms with Crippen molar-refractivity contribution in [3.63, 3.8) is 0 Å². The number of hydrogen-bond acceptors (Lipinski definition) is 3. The zero-order chi connectivity index (χ0) is 15.1. The summed E-state index contributed by atoms with van der Waals surface area (Å²) >= 11 is 0. The molecule has 0 saturated carbocycles. The molecule has 0 radical (unpaired) electrons. The van der Waals surface area contributed by atoms with Crippen molar-refractivity contribution >= 4 is 5.69 Å². The Labute approximate surface area is 126 Å². The van der Waals surface area contributed by atoms with Crippen LogP contribution < -0.4 is 10.1 Å². The predicted octanol–water partition coefficient (Wildman–Crippen LogP) is 4.35. The quantitative estimate of drug-likeness (QED) is 0.855. The van der Waals surface area contributed by atoms with Gasteiger partial charge in [0, 0.05) is 18.3 Å². The summed E-state index contributed by atoms with van der Waals surface area (Å²) < 4.78 is 5.81. The van der Waals surface area contributed by atoms with Gasteiger partial charge in [0.15, 0.2) is 0 Å². The minimum atomic E-state index is 0.221. The van der Waals surface area contributed by atoms with E-state index in [0.717, 1.165) is 30.0 Å². The summed E-state index contributed by atoms with van der Waals surface area (Å²) in [4.78, 5) is 0. The Balaban J connectivity index is 1.96. The normalized spacial score (nSPS) is 11.5. The molecule has 0 amide bonds. The SMILES string of the molecule is CCC(C)Oc1cccc(NCc2ccc(C#N)cc2)c1. The number of hydrogen-bond donors (Lipinski definition) is 1. The molecule has 0 bridgehead atoms. The molecular weight excluding hydrogens is 260 g/mol. The van der Waals surface area contributed by atoms with Crippen LogP contribution in [0.4, 0.5) is 5.69 Å². The zero-order valence-electron chi connectivity index (χ0n) is 12.5. The highest BCUT2D eigenvalue weighted by atomic mass is 16.5. The molecule has 0 fully saturated rings. The lowest BCUT2D eigenvalue weighted by Gasteiger charge is -2.14. The molecule has 0 aliphatic carbocycles. The van der Waals surface area contributed by atoms with Crippen molar-refractivity contribution in [3.05, 3.63) is 59.7 Å². The van der Waals surface area contributed by atoms with Crippen LogP contribution >= 0.6 is 0 Å². The molecule has 0 heterocycles. The highest BCUT2D eigenvalue weighted by molar-refractivity contribution is 5.48. The molecule has 1 atom stereocenters. The summed E-state index contributed by atoms with van der Waals surface area (Å²) in [7, 11) is 0. The molecule has 3 heteroatoms. The van der Waals surface area contributed by atoms with E-state index in [0.29, 0.717) is 5.56 Å². The van der Waals surface area contributed by atoms with Gasteiger partial charge in [-0.2, -0.15) is 5.26 Å². The van der Waals surface area contributed by atoms with Crippen molar-refractivity contribution in [1.29, 1.82) is 5.26 Å². The number of ether oxygens (including phenoxy) is 1. The average molecular weight is 280 g/mol. The van der Waals surface area contributed by atoms with Gasteiger partial charge in [0.05, 0.1) is 17.7 Å². The van der Waals surface area contributed by atoms with Gasteiger partial charge < -0.3 is 10.1 Å². The molecule has 3 nitrogen and oxygen atoms in total. The maximum atomic E-state index is 8.78. The highest BCUT2D eigenvalue weighted by Crippen LogP contribution is 2.19. The Bertz CT molecular complexity index is 614. The van der Waals surface area contributed by atoms with Crippen LogP contribution in [0.2, 0.25) is 0 Å². The monoisotopic (exact) mass is 280 g/mol. The third kappa shape index (κ3) is 4.54. The van der Waals surface area contributed by atoms with Crippen molar-refractivity contribution in [3.8, 4) is 11.8 Å². The second-order valence-electron chi connectivity index (χ2n) is 5.03. The van der Waals surface area contributed by atoms with Gasteiger partial charge in [0.25, 0.3) is 0 Å². The number of rotatable bonds is 6. The Hall–Kier alpha value is -2.47. The van der Waals surface area contributed by atoms with Crippen molar-refractivity contribution in [2.45, 2.75) is 32.9 Å². The first-order valence-electron chi connectivity index (χ1n) is 7.21. The summed E-state index contributed by atoms with van der Waals surface area (Å²) in [5.74, 6) is 0.883. The average Bonchev–Trinajstić information content (AvgIpc) is 2.53. The van der Waals surface area contributed by atoms with Crippen molar-refractivity contribution in [1.82, 2.24) is 0 Å². The minimum Gasteiger partial charge on any atom is -0.491 e. The largest absolute Gasteiger partial charge is 0.491 e. The van der Waals surface area contributed by atoms with E-state index in [1.807, 2.05) is 48.5 Å². The van der Waals surface area contributed by atoms with Crippen LogP contribution in [0.25, 0.3) is 0 Å². The topological polar surface area (TPSA) is 45.0 Å². The van der Waals surface area contributed by atoms with Gasteiger partial charge in [0.2, 0.25) is 0 Å². The van der Waals surface area contributed by atoms with E-state index in [2.05, 4.69) is 25.2 Å². The minimum absolute atomic E-state index is 0.221. The summed E-state index contributed by atoms with van der Waals surface area (Å²) in [6.45, 7) is 4.90. The van der Waals surface area contributed by atoms with Crippen LogP contribution in [-0.2, 0) is 6.54 Å². The number of nitrogens with one attached hydrogen (secondary N) is 1. The van der Waals surface area contributed by atoms with Gasteiger partial charge in [-0.15, -0.1) is 0 Å². The van der Waals surface area contributed by atoms with Crippen LogP contribution in [0.3, 0.4) is 0 Å². The molecule has 1 unspecified atom stereocenters. The lowest BCUT2D eigenvalue weighted by atomic mass is 10.1. The molecule has 0 aliphatic rings. The van der Waals surface area contributed by atoms with E-state index in [-0.39, 0.29) is 6.10 Å². The fourth-order valence-electron chi connectivity index (χ4n) is 1.90. The highest BCUT2D eigenvalue weighted by Gasteiger charge is 2.02. The second-order valence-corrected chi connectivity index (χ2v) is 5.03. The van der Waals surface area contributed by atoms with E-state index < -0.39 is 0 Å². The van der Waals surface area contributed by atoms with E-state index in [1.54, 1.807) is 0 Å². The van der Waals surface area contributed by atoms with Crippen LogP contribution in [0.15, 0.2) is 48.5 Å². The lowest BCUT2D eigenvalue weighted by molar-refractivity contribution is 0.217. The fourth-order valence-corrected chi connectivity index (χ4v) is 1.90. The Kier molecular flexibility index (Phi) is 5.22. The standard InChI is InChI=1S/C18H20N2O/c1-3-14(2)21-18-6-4-5-17(11-18)20-13-16-9-7-15(12-19)8-10-16/h4-11,14,20H,3,13H2,1-2H3. The van der Waals surface area contributed by atoms with Crippen LogP contribution in [-0.4, -0.2) is 6.10 Å². The van der Waals surface area contributed by atoms with Gasteiger partial charge in [-0.25, -0.2) is 0 Å². The molecule has 1 N–H and O–H groups in total. The zero-order valence-corrected chi connectivity index (χ0v) is 12.5. The maximum Gasteiger partial charge on any atom is 0.121 e. The number of anilines is 1. The predicted molar refractivity (Wildman–Crippen MR) is 85.3 cm³/mol. The first-order chi connectivity index (χ1) is 10.2. The fraction of sp³-hybridized carbons (Fsp3) is 0.278. The molecule has 0 saturated heterocycles. The molecule has 108 valence electrons. The molecule has 0 aliphatic heterocycles. The summed E-state index contributed by atoms with van der Waals surface area (Å²) in [6.07, 6.45) is 1.21. The maximum absolute atomic E-state index is 8.78. The van der Waals surface area contributed by atoms with Gasteiger partial charge in [0.1, 0.15) is 5.75 Å². The summed E-state index contributed by atoms with van der Waals surface area (Å²) in [6, 6.07) is 17.7. The summed E-state index contributed by atoms with van der Waals surface area (Å²) in [5, 5.41) is 12.1. The van der Waals surface area contributed by atoms with Crippen molar-refractivity contribution in [2.24, 2.45) is 0 Å². The first kappa shape index (κ1) is 14.9. The molecule has 2 rings (SSSR count). The van der Waals surface area contributed by atoms with Crippen LogP contribution in [0.5, 0.6) is 5.75 Å². The molecule has 2 aromatic carbocycles. The Morgan fingerprint density at radius 1 is 1.19 bits per heavy atom. The third-order valence-corrected chi connectivity index (χ3v) is 3.33. The van der Waals surface area contributed by atoms with Gasteiger partial charge >= 0.3 is 0 Å². The van der Waals surface area contributed by atoms with E-state index in [4.69, 9.17) is 10.00 Å². The summed E-state index contributed by atoms with van der Waals surface area (Å²) in [5.41, 5.74) is 2.85. The Morgan fingerprint density at radius 3 is 2.62 bits per heavy atom. The second kappa shape index (κ2) is 7.35. The third-order valence-electron chi connectivity index (χ3n) is 3.33. The van der Waals surface area contributed by atoms with Gasteiger partial charge in [-0.3, -0.25) is 0 Å². The van der Waals surface area contributed by atoms with E-state index >= 15 is 0 Å².